The Morgan fingerprint density at radius 1 is 1.19 bits per heavy atom. The quantitative estimate of drug-likeness (QED) is 0.407. The normalized spacial score (nSPS) is 11.3. The second-order valence-electron chi connectivity index (χ2n) is 5.74. The number of imidazole rings is 1. The molecule has 6 nitrogen and oxygen atoms in total. The summed E-state index contributed by atoms with van der Waals surface area (Å²) in [5.74, 6) is 7.28. The molecule has 26 heavy (non-hydrogen) atoms. The number of hydrogen-bond donors (Lipinski definition) is 1. The monoisotopic (exact) mass is 404 g/mol. The van der Waals surface area contributed by atoms with E-state index in [9.17, 15) is 0 Å². The van der Waals surface area contributed by atoms with Gasteiger partial charge in [-0.2, -0.15) is 0 Å². The van der Waals surface area contributed by atoms with Crippen molar-refractivity contribution in [2.45, 2.75) is 17.8 Å². The van der Waals surface area contributed by atoms with Gasteiger partial charge in [0.05, 0.1) is 10.7 Å². The molecule has 3 heterocycles. The van der Waals surface area contributed by atoms with Crippen LogP contribution >= 0.6 is 35.0 Å². The smallest absolute Gasteiger partial charge is 0.210 e. The molecular weight excluding hydrogens is 391 g/mol. The zero-order chi connectivity index (χ0) is 18.3. The highest BCUT2D eigenvalue weighted by molar-refractivity contribution is 7.98. The first kappa shape index (κ1) is 17.2. The number of nitrogens with zero attached hydrogens (tertiary/aromatic N) is 5. The molecule has 0 saturated heterocycles. The summed E-state index contributed by atoms with van der Waals surface area (Å²) >= 11 is 13.6. The Labute approximate surface area is 163 Å². The Hall–Kier alpha value is -2.22. The average molecular weight is 405 g/mol. The third-order valence-electron chi connectivity index (χ3n) is 3.91. The molecule has 0 radical (unpaired) electrons. The van der Waals surface area contributed by atoms with E-state index in [1.165, 1.54) is 16.4 Å². The van der Waals surface area contributed by atoms with Crippen LogP contribution in [-0.2, 0) is 5.75 Å². The number of rotatable bonds is 4. The molecule has 132 valence electrons. The topological polar surface area (TPSA) is 74.0 Å². The van der Waals surface area contributed by atoms with Crippen LogP contribution in [0.5, 0.6) is 0 Å². The van der Waals surface area contributed by atoms with E-state index in [-0.39, 0.29) is 0 Å². The van der Waals surface area contributed by atoms with Crippen molar-refractivity contribution in [2.24, 2.45) is 0 Å². The number of aryl methyl sites for hydroxylation is 1. The summed E-state index contributed by atoms with van der Waals surface area (Å²) in [4.78, 5) is 4.65. The van der Waals surface area contributed by atoms with E-state index < -0.39 is 0 Å². The Kier molecular flexibility index (Phi) is 4.52. The van der Waals surface area contributed by atoms with Crippen molar-refractivity contribution in [3.8, 4) is 11.4 Å². The largest absolute Gasteiger partial charge is 0.335 e. The lowest BCUT2D eigenvalue weighted by molar-refractivity contribution is 0.849. The van der Waals surface area contributed by atoms with Crippen LogP contribution in [0.1, 0.15) is 11.3 Å². The van der Waals surface area contributed by atoms with Crippen LogP contribution in [0.3, 0.4) is 0 Å². The number of hydrogen-bond acceptors (Lipinski definition) is 5. The molecule has 0 aliphatic carbocycles. The minimum absolute atomic E-state index is 0.476. The Morgan fingerprint density at radius 3 is 2.81 bits per heavy atom. The standard InChI is InChI=1S/C17H14Cl2N6S/c1-10-3-2-6-24-8-12(21-15(10)24)9-26-17-23-22-16(25(17)20)13-5-4-11(18)7-14(13)19/h2-8H,9,20H2,1H3. The zero-order valence-corrected chi connectivity index (χ0v) is 16.1. The van der Waals surface area contributed by atoms with Gasteiger partial charge in [-0.25, -0.2) is 9.66 Å². The molecule has 0 aliphatic heterocycles. The van der Waals surface area contributed by atoms with Gasteiger partial charge in [0.15, 0.2) is 5.82 Å². The summed E-state index contributed by atoms with van der Waals surface area (Å²) in [6.45, 7) is 2.04. The molecule has 0 atom stereocenters. The zero-order valence-electron chi connectivity index (χ0n) is 13.7. The van der Waals surface area contributed by atoms with Crippen molar-refractivity contribution in [3.63, 3.8) is 0 Å². The third kappa shape index (κ3) is 3.13. The SMILES string of the molecule is Cc1cccn2cc(CSc3nnc(-c4ccc(Cl)cc4Cl)n3N)nc12. The van der Waals surface area contributed by atoms with Crippen molar-refractivity contribution in [1.82, 2.24) is 24.3 Å². The first-order valence-corrected chi connectivity index (χ1v) is 9.49. The van der Waals surface area contributed by atoms with Crippen molar-refractivity contribution in [2.75, 3.05) is 5.84 Å². The van der Waals surface area contributed by atoms with Gasteiger partial charge < -0.3 is 10.2 Å². The van der Waals surface area contributed by atoms with Gasteiger partial charge in [0.25, 0.3) is 0 Å². The van der Waals surface area contributed by atoms with Gasteiger partial charge in [0.2, 0.25) is 5.16 Å². The van der Waals surface area contributed by atoms with Crippen LogP contribution in [0, 0.1) is 6.92 Å². The second-order valence-corrected chi connectivity index (χ2v) is 7.53. The molecule has 0 aliphatic rings. The Balaban J connectivity index is 1.57. The molecule has 0 spiro atoms. The summed E-state index contributed by atoms with van der Waals surface area (Å²) < 4.78 is 3.44. The first-order valence-electron chi connectivity index (χ1n) is 7.75. The molecule has 0 amide bonds. The predicted octanol–water partition coefficient (Wildman–Crippen LogP) is 4.21. The Morgan fingerprint density at radius 2 is 2.04 bits per heavy atom. The third-order valence-corrected chi connectivity index (χ3v) is 5.44. The van der Waals surface area contributed by atoms with Gasteiger partial charge in [-0.15, -0.1) is 10.2 Å². The molecule has 9 heteroatoms. The van der Waals surface area contributed by atoms with E-state index in [4.69, 9.17) is 29.0 Å². The number of aromatic nitrogens is 5. The number of halogens is 2. The minimum Gasteiger partial charge on any atom is -0.335 e. The van der Waals surface area contributed by atoms with Crippen LogP contribution in [0.25, 0.3) is 17.0 Å². The van der Waals surface area contributed by atoms with Crippen LogP contribution in [-0.4, -0.2) is 24.3 Å². The molecule has 0 bridgehead atoms. The van der Waals surface area contributed by atoms with Crippen molar-refractivity contribution in [1.29, 1.82) is 0 Å². The van der Waals surface area contributed by atoms with E-state index in [0.717, 1.165) is 16.9 Å². The summed E-state index contributed by atoms with van der Waals surface area (Å²) in [6, 6.07) is 9.21. The van der Waals surface area contributed by atoms with Crippen molar-refractivity contribution in [3.05, 3.63) is 64.0 Å². The average Bonchev–Trinajstić information content (AvgIpc) is 3.18. The molecule has 0 unspecified atom stereocenters. The highest BCUT2D eigenvalue weighted by Crippen LogP contribution is 2.30. The lowest BCUT2D eigenvalue weighted by Gasteiger charge is -2.05. The molecule has 2 N–H and O–H groups in total. The van der Waals surface area contributed by atoms with E-state index in [0.29, 0.717) is 32.3 Å². The van der Waals surface area contributed by atoms with Crippen LogP contribution in [0.15, 0.2) is 47.9 Å². The van der Waals surface area contributed by atoms with Crippen molar-refractivity contribution >= 4 is 40.6 Å². The lowest BCUT2D eigenvalue weighted by atomic mass is 10.2. The van der Waals surface area contributed by atoms with E-state index in [1.807, 2.05) is 35.9 Å². The highest BCUT2D eigenvalue weighted by atomic mass is 35.5. The van der Waals surface area contributed by atoms with E-state index in [2.05, 4.69) is 15.2 Å². The van der Waals surface area contributed by atoms with Crippen molar-refractivity contribution < 1.29 is 0 Å². The number of benzene rings is 1. The maximum absolute atomic E-state index is 6.24. The van der Waals surface area contributed by atoms with Crippen LogP contribution < -0.4 is 5.84 Å². The second kappa shape index (κ2) is 6.83. The molecule has 3 aromatic heterocycles. The molecule has 1 aromatic carbocycles. The van der Waals surface area contributed by atoms with Crippen LogP contribution in [0.4, 0.5) is 0 Å². The molecular formula is C17H14Cl2N6S. The van der Waals surface area contributed by atoms with Gasteiger partial charge in [0, 0.05) is 28.7 Å². The maximum atomic E-state index is 6.24. The summed E-state index contributed by atoms with van der Waals surface area (Å²) in [6.07, 6.45) is 3.99. The maximum Gasteiger partial charge on any atom is 0.210 e. The number of pyridine rings is 1. The molecule has 0 fully saturated rings. The van der Waals surface area contributed by atoms with Gasteiger partial charge in [0.1, 0.15) is 5.65 Å². The van der Waals surface area contributed by atoms with Gasteiger partial charge in [-0.3, -0.25) is 0 Å². The fourth-order valence-corrected chi connectivity index (χ4v) is 3.88. The fourth-order valence-electron chi connectivity index (χ4n) is 2.64. The first-order chi connectivity index (χ1) is 12.5. The van der Waals surface area contributed by atoms with E-state index >= 15 is 0 Å². The minimum atomic E-state index is 0.476. The predicted molar refractivity (Wildman–Crippen MR) is 105 cm³/mol. The van der Waals surface area contributed by atoms with Gasteiger partial charge >= 0.3 is 0 Å². The number of nitrogen functional groups attached to an aromatic ring is 1. The summed E-state index contributed by atoms with van der Waals surface area (Å²) in [5.41, 5.74) is 3.70. The Bertz CT molecular complexity index is 1100. The molecule has 4 aromatic rings. The molecule has 0 saturated carbocycles. The van der Waals surface area contributed by atoms with E-state index in [1.54, 1.807) is 18.2 Å². The van der Waals surface area contributed by atoms with Gasteiger partial charge in [-0.1, -0.05) is 41.0 Å². The van der Waals surface area contributed by atoms with Gasteiger partial charge in [-0.05, 0) is 36.8 Å². The number of nitrogens with two attached hydrogens (primary N) is 1. The molecule has 4 rings (SSSR count). The summed E-state index contributed by atoms with van der Waals surface area (Å²) in [5, 5.41) is 9.94. The fraction of sp³-hybridized carbons (Fsp3) is 0.118. The summed E-state index contributed by atoms with van der Waals surface area (Å²) in [7, 11) is 0. The number of fused-ring (bicyclic) bond motifs is 1. The number of thioether (sulfide) groups is 1. The van der Waals surface area contributed by atoms with Crippen LogP contribution in [0.2, 0.25) is 10.0 Å². The lowest BCUT2D eigenvalue weighted by Crippen LogP contribution is -2.11. The highest BCUT2D eigenvalue weighted by Gasteiger charge is 2.16.